The lowest BCUT2D eigenvalue weighted by Gasteiger charge is -2.43. The summed E-state index contributed by atoms with van der Waals surface area (Å²) < 4.78 is 11.7. The van der Waals surface area contributed by atoms with Gasteiger partial charge in [-0.25, -0.2) is 0 Å². The first-order chi connectivity index (χ1) is 12.6. The minimum Gasteiger partial charge on any atom is -0.387 e. The van der Waals surface area contributed by atoms with Crippen molar-refractivity contribution in [3.63, 3.8) is 0 Å². The third kappa shape index (κ3) is 3.86. The smallest absolute Gasteiger partial charge is 0.0997 e. The second kappa shape index (κ2) is 8.35. The van der Waals surface area contributed by atoms with Gasteiger partial charge in [-0.3, -0.25) is 0 Å². The number of methoxy groups -OCH3 is 1. The second-order valence-electron chi connectivity index (χ2n) is 7.22. The average molecular weight is 358 g/mol. The van der Waals surface area contributed by atoms with Crippen LogP contribution in [0, 0.1) is 0 Å². The van der Waals surface area contributed by atoms with Crippen molar-refractivity contribution < 1.29 is 14.6 Å². The van der Waals surface area contributed by atoms with Crippen LogP contribution in [0.2, 0.25) is 0 Å². The van der Waals surface area contributed by atoms with E-state index in [1.807, 2.05) is 18.2 Å². The standard InChI is InChI=1S/C21H30N2O3/c1-16-9-10-20(25-3)21(15-22-16)13-19(24)17(2)23(21)11-12-26-14-18-7-5-4-6-8-18/h4-10,16,19-20,22,24H,2,11-15H2,1,3H3/t16-,19?,20-,21+/m0/s1. The van der Waals surface area contributed by atoms with Crippen molar-refractivity contribution in [1.82, 2.24) is 10.2 Å². The molecule has 3 rings (SSSR count). The van der Waals surface area contributed by atoms with Gasteiger partial charge < -0.3 is 24.8 Å². The van der Waals surface area contributed by atoms with Gasteiger partial charge in [0.25, 0.3) is 0 Å². The highest BCUT2D eigenvalue weighted by atomic mass is 16.5. The number of aliphatic hydroxyl groups is 1. The molecule has 26 heavy (non-hydrogen) atoms. The molecule has 5 nitrogen and oxygen atoms in total. The number of ether oxygens (including phenoxy) is 2. The van der Waals surface area contributed by atoms with Crippen molar-refractivity contribution in [2.24, 2.45) is 0 Å². The number of rotatable bonds is 6. The van der Waals surface area contributed by atoms with Crippen LogP contribution in [-0.2, 0) is 16.1 Å². The number of nitrogens with one attached hydrogen (secondary N) is 1. The first-order valence-corrected chi connectivity index (χ1v) is 9.27. The van der Waals surface area contributed by atoms with E-state index in [2.05, 4.69) is 48.0 Å². The Kier molecular flexibility index (Phi) is 6.14. The molecule has 2 aliphatic rings. The number of hydrogen-bond donors (Lipinski definition) is 2. The van der Waals surface area contributed by atoms with E-state index in [1.165, 1.54) is 0 Å². The molecule has 1 aromatic rings. The monoisotopic (exact) mass is 358 g/mol. The van der Waals surface area contributed by atoms with E-state index in [9.17, 15) is 5.11 Å². The largest absolute Gasteiger partial charge is 0.387 e. The summed E-state index contributed by atoms with van der Waals surface area (Å²) in [4.78, 5) is 2.19. The summed E-state index contributed by atoms with van der Waals surface area (Å²) in [5.41, 5.74) is 1.56. The van der Waals surface area contributed by atoms with E-state index in [0.29, 0.717) is 26.2 Å². The van der Waals surface area contributed by atoms with Gasteiger partial charge in [-0.2, -0.15) is 0 Å². The predicted octanol–water partition coefficient (Wildman–Crippen LogP) is 2.09. The van der Waals surface area contributed by atoms with Crippen LogP contribution in [0.15, 0.2) is 54.8 Å². The lowest BCUT2D eigenvalue weighted by molar-refractivity contribution is -0.0113. The summed E-state index contributed by atoms with van der Waals surface area (Å²) in [7, 11) is 1.73. The number of likely N-dealkylation sites (tertiary alicyclic amines) is 1. The molecule has 4 atom stereocenters. The molecule has 1 unspecified atom stereocenters. The van der Waals surface area contributed by atoms with Crippen LogP contribution in [0.4, 0.5) is 0 Å². The third-order valence-electron chi connectivity index (χ3n) is 5.47. The molecule has 0 radical (unpaired) electrons. The first kappa shape index (κ1) is 19.1. The van der Waals surface area contributed by atoms with Gasteiger partial charge in [-0.1, -0.05) is 49.1 Å². The molecule has 1 saturated heterocycles. The topological polar surface area (TPSA) is 54.0 Å². The van der Waals surface area contributed by atoms with E-state index < -0.39 is 6.10 Å². The average Bonchev–Trinajstić information content (AvgIpc) is 2.78. The molecule has 142 valence electrons. The normalized spacial score (nSPS) is 31.6. The van der Waals surface area contributed by atoms with Gasteiger partial charge in [0.05, 0.1) is 31.0 Å². The molecule has 1 spiro atoms. The second-order valence-corrected chi connectivity index (χ2v) is 7.22. The summed E-state index contributed by atoms with van der Waals surface area (Å²) in [6.07, 6.45) is 4.18. The lowest BCUT2D eigenvalue weighted by atomic mass is 9.88. The van der Waals surface area contributed by atoms with Gasteiger partial charge in [0.15, 0.2) is 0 Å². The zero-order chi connectivity index (χ0) is 18.6. The van der Waals surface area contributed by atoms with Crippen molar-refractivity contribution in [3.8, 4) is 0 Å². The van der Waals surface area contributed by atoms with E-state index in [-0.39, 0.29) is 17.7 Å². The number of benzene rings is 1. The zero-order valence-electron chi connectivity index (χ0n) is 15.7. The Morgan fingerprint density at radius 3 is 2.81 bits per heavy atom. The van der Waals surface area contributed by atoms with Gasteiger partial charge in [0, 0.05) is 38.4 Å². The fourth-order valence-corrected chi connectivity index (χ4v) is 4.00. The highest BCUT2D eigenvalue weighted by molar-refractivity contribution is 5.25. The van der Waals surface area contributed by atoms with Crippen LogP contribution >= 0.6 is 0 Å². The van der Waals surface area contributed by atoms with Crippen LogP contribution in [0.3, 0.4) is 0 Å². The molecule has 0 amide bonds. The first-order valence-electron chi connectivity index (χ1n) is 9.27. The molecular weight excluding hydrogens is 328 g/mol. The molecule has 2 aliphatic heterocycles. The van der Waals surface area contributed by atoms with Crippen molar-refractivity contribution in [2.45, 2.75) is 43.7 Å². The van der Waals surface area contributed by atoms with Gasteiger partial charge in [-0.15, -0.1) is 0 Å². The molecule has 1 aromatic carbocycles. The van der Waals surface area contributed by atoms with Gasteiger partial charge in [0.2, 0.25) is 0 Å². The van der Waals surface area contributed by atoms with E-state index in [4.69, 9.17) is 9.47 Å². The maximum atomic E-state index is 10.5. The summed E-state index contributed by atoms with van der Waals surface area (Å²) in [6, 6.07) is 10.4. The molecule has 1 fully saturated rings. The number of aliphatic hydroxyl groups excluding tert-OH is 1. The molecule has 0 saturated carbocycles. The maximum Gasteiger partial charge on any atom is 0.0997 e. The Balaban J connectivity index is 1.68. The van der Waals surface area contributed by atoms with Gasteiger partial charge >= 0.3 is 0 Å². The van der Waals surface area contributed by atoms with Crippen molar-refractivity contribution in [3.05, 3.63) is 60.3 Å². The highest BCUT2D eigenvalue weighted by Crippen LogP contribution is 2.40. The SMILES string of the molecule is C=C1C(O)C[C@]2(CN[C@@H](C)C=C[C@@H]2OC)N1CCOCc1ccccc1. The molecule has 2 N–H and O–H groups in total. The zero-order valence-corrected chi connectivity index (χ0v) is 15.7. The van der Waals surface area contributed by atoms with Gasteiger partial charge in [0.1, 0.15) is 0 Å². The Bertz CT molecular complexity index is 633. The maximum absolute atomic E-state index is 10.5. The Labute approximate surface area is 156 Å². The number of hydrogen-bond acceptors (Lipinski definition) is 5. The molecule has 2 heterocycles. The van der Waals surface area contributed by atoms with Crippen molar-refractivity contribution in [1.29, 1.82) is 0 Å². The quantitative estimate of drug-likeness (QED) is 0.602. The Hall–Kier alpha value is -1.66. The van der Waals surface area contributed by atoms with Crippen LogP contribution in [0.5, 0.6) is 0 Å². The molecule has 0 aromatic heterocycles. The summed E-state index contributed by atoms with van der Waals surface area (Å²) in [5.74, 6) is 0. The molecule has 5 heteroatoms. The van der Waals surface area contributed by atoms with E-state index in [0.717, 1.165) is 17.8 Å². The molecule has 0 bridgehead atoms. The third-order valence-corrected chi connectivity index (χ3v) is 5.47. The van der Waals surface area contributed by atoms with Crippen LogP contribution in [0.1, 0.15) is 18.9 Å². The van der Waals surface area contributed by atoms with Gasteiger partial charge in [-0.05, 0) is 12.5 Å². The van der Waals surface area contributed by atoms with Crippen molar-refractivity contribution >= 4 is 0 Å². The van der Waals surface area contributed by atoms with Crippen LogP contribution in [-0.4, -0.2) is 60.6 Å². The lowest BCUT2D eigenvalue weighted by Crippen LogP contribution is -2.58. The summed E-state index contributed by atoms with van der Waals surface area (Å²) in [5, 5.41) is 14.0. The van der Waals surface area contributed by atoms with Crippen LogP contribution in [0.25, 0.3) is 0 Å². The highest BCUT2D eigenvalue weighted by Gasteiger charge is 2.52. The van der Waals surface area contributed by atoms with E-state index in [1.54, 1.807) is 7.11 Å². The Morgan fingerprint density at radius 1 is 1.31 bits per heavy atom. The minimum atomic E-state index is -0.551. The minimum absolute atomic E-state index is 0.108. The molecule has 0 aliphatic carbocycles. The summed E-state index contributed by atoms with van der Waals surface area (Å²) in [6.45, 7) is 8.81. The fraction of sp³-hybridized carbons (Fsp3) is 0.524. The van der Waals surface area contributed by atoms with Crippen LogP contribution < -0.4 is 5.32 Å². The predicted molar refractivity (Wildman–Crippen MR) is 103 cm³/mol. The summed E-state index contributed by atoms with van der Waals surface area (Å²) >= 11 is 0. The Morgan fingerprint density at radius 2 is 2.08 bits per heavy atom. The van der Waals surface area contributed by atoms with Crippen molar-refractivity contribution in [2.75, 3.05) is 26.8 Å². The number of nitrogens with zero attached hydrogens (tertiary/aromatic N) is 1. The van der Waals surface area contributed by atoms with E-state index >= 15 is 0 Å². The molecular formula is C21H30N2O3. The fourth-order valence-electron chi connectivity index (χ4n) is 4.00.